The Bertz CT molecular complexity index is 824. The van der Waals surface area contributed by atoms with Crippen LogP contribution in [-0.4, -0.2) is 24.5 Å². The maximum Gasteiger partial charge on any atom is 0.274 e. The number of carbonyl (C=O) groups excluding carboxylic acids is 1. The Balaban J connectivity index is 2.09. The van der Waals surface area contributed by atoms with Gasteiger partial charge in [-0.2, -0.15) is 0 Å². The summed E-state index contributed by atoms with van der Waals surface area (Å²) in [6.45, 7) is 3.43. The standard InChI is InChI=1S/C17H18ClN3O4/c1-10-6-11(2)15(21(23)24)8-13(10)19-9-17(22)20-14-7-12(18)4-5-16(14)25-3/h4-8,19H,9H2,1-3H3,(H,20,22). The van der Waals surface area contributed by atoms with Crippen molar-refractivity contribution in [2.24, 2.45) is 0 Å². The quantitative estimate of drug-likeness (QED) is 0.599. The first kappa shape index (κ1) is 18.5. The average Bonchev–Trinajstić information content (AvgIpc) is 2.54. The van der Waals surface area contributed by atoms with E-state index >= 15 is 0 Å². The van der Waals surface area contributed by atoms with E-state index in [0.29, 0.717) is 27.7 Å². The number of nitrogens with zero attached hydrogens (tertiary/aromatic N) is 1. The van der Waals surface area contributed by atoms with Crippen LogP contribution in [0.15, 0.2) is 30.3 Å². The number of halogens is 1. The van der Waals surface area contributed by atoms with Crippen molar-refractivity contribution in [3.8, 4) is 5.75 Å². The second-order valence-corrected chi connectivity index (χ2v) is 5.89. The van der Waals surface area contributed by atoms with Crippen LogP contribution in [0.5, 0.6) is 5.75 Å². The molecule has 1 amide bonds. The average molecular weight is 364 g/mol. The van der Waals surface area contributed by atoms with Crippen molar-refractivity contribution >= 4 is 34.6 Å². The molecule has 0 fully saturated rings. The molecule has 0 saturated carbocycles. The third-order valence-electron chi connectivity index (χ3n) is 3.61. The zero-order valence-corrected chi connectivity index (χ0v) is 14.8. The number of ether oxygens (including phenoxy) is 1. The summed E-state index contributed by atoms with van der Waals surface area (Å²) in [7, 11) is 1.49. The van der Waals surface area contributed by atoms with Crippen molar-refractivity contribution in [2.75, 3.05) is 24.3 Å². The monoisotopic (exact) mass is 363 g/mol. The SMILES string of the molecule is COc1ccc(Cl)cc1NC(=O)CNc1cc([N+](=O)[O-])c(C)cc1C. The Labute approximate surface area is 150 Å². The first-order chi connectivity index (χ1) is 11.8. The molecule has 132 valence electrons. The lowest BCUT2D eigenvalue weighted by Crippen LogP contribution is -2.22. The van der Waals surface area contributed by atoms with Gasteiger partial charge in [0.05, 0.1) is 24.3 Å². The predicted molar refractivity (Wildman–Crippen MR) is 97.7 cm³/mol. The van der Waals surface area contributed by atoms with Gasteiger partial charge in [-0.15, -0.1) is 0 Å². The Hall–Kier alpha value is -2.80. The normalized spacial score (nSPS) is 10.2. The molecule has 0 saturated heterocycles. The number of hydrogen-bond acceptors (Lipinski definition) is 5. The van der Waals surface area contributed by atoms with Crippen LogP contribution in [0.4, 0.5) is 17.1 Å². The maximum absolute atomic E-state index is 12.2. The van der Waals surface area contributed by atoms with Crippen LogP contribution < -0.4 is 15.4 Å². The summed E-state index contributed by atoms with van der Waals surface area (Å²) in [5.74, 6) is 0.156. The second kappa shape index (κ2) is 7.85. The lowest BCUT2D eigenvalue weighted by Gasteiger charge is -2.13. The molecule has 0 aliphatic carbocycles. The highest BCUT2D eigenvalue weighted by molar-refractivity contribution is 6.31. The summed E-state index contributed by atoms with van der Waals surface area (Å²) < 4.78 is 5.17. The molecule has 0 atom stereocenters. The molecular weight excluding hydrogens is 346 g/mol. The smallest absolute Gasteiger partial charge is 0.274 e. The Morgan fingerprint density at radius 3 is 2.56 bits per heavy atom. The first-order valence-electron chi connectivity index (χ1n) is 7.44. The molecule has 0 heterocycles. The van der Waals surface area contributed by atoms with Gasteiger partial charge in [0.15, 0.2) is 0 Å². The Morgan fingerprint density at radius 1 is 1.20 bits per heavy atom. The number of amides is 1. The highest BCUT2D eigenvalue weighted by Crippen LogP contribution is 2.28. The van der Waals surface area contributed by atoms with Crippen LogP contribution >= 0.6 is 11.6 Å². The van der Waals surface area contributed by atoms with Gasteiger partial charge < -0.3 is 15.4 Å². The third kappa shape index (κ3) is 4.60. The van der Waals surface area contributed by atoms with E-state index in [4.69, 9.17) is 16.3 Å². The molecule has 0 unspecified atom stereocenters. The number of anilines is 2. The molecule has 8 heteroatoms. The molecule has 2 aromatic rings. The minimum atomic E-state index is -0.448. The zero-order chi connectivity index (χ0) is 18.6. The van der Waals surface area contributed by atoms with E-state index in [1.54, 1.807) is 31.2 Å². The van der Waals surface area contributed by atoms with E-state index in [9.17, 15) is 14.9 Å². The summed E-state index contributed by atoms with van der Waals surface area (Å²) in [6.07, 6.45) is 0. The molecule has 25 heavy (non-hydrogen) atoms. The topological polar surface area (TPSA) is 93.5 Å². The first-order valence-corrected chi connectivity index (χ1v) is 7.82. The van der Waals surface area contributed by atoms with Gasteiger partial charge in [0.25, 0.3) is 5.69 Å². The molecule has 0 spiro atoms. The minimum absolute atomic E-state index is 0.00465. The summed E-state index contributed by atoms with van der Waals surface area (Å²) in [6, 6.07) is 8.03. The van der Waals surface area contributed by atoms with E-state index in [0.717, 1.165) is 5.56 Å². The number of aryl methyl sites for hydroxylation is 2. The number of methoxy groups -OCH3 is 1. The van der Waals surface area contributed by atoms with Crippen LogP contribution in [0.2, 0.25) is 5.02 Å². The molecule has 0 bridgehead atoms. The number of hydrogen-bond donors (Lipinski definition) is 2. The van der Waals surface area contributed by atoms with Gasteiger partial charge in [-0.25, -0.2) is 0 Å². The van der Waals surface area contributed by atoms with Crippen molar-refractivity contribution in [2.45, 2.75) is 13.8 Å². The molecular formula is C17H18ClN3O4. The molecule has 0 radical (unpaired) electrons. The van der Waals surface area contributed by atoms with E-state index in [1.807, 2.05) is 6.92 Å². The number of benzene rings is 2. The Morgan fingerprint density at radius 2 is 1.92 bits per heavy atom. The lowest BCUT2D eigenvalue weighted by molar-refractivity contribution is -0.385. The maximum atomic E-state index is 12.2. The van der Waals surface area contributed by atoms with Crippen LogP contribution in [0, 0.1) is 24.0 Å². The van der Waals surface area contributed by atoms with Gasteiger partial charge in [-0.1, -0.05) is 11.6 Å². The third-order valence-corrected chi connectivity index (χ3v) is 3.85. The van der Waals surface area contributed by atoms with E-state index < -0.39 is 4.92 Å². The van der Waals surface area contributed by atoms with E-state index in [-0.39, 0.29) is 18.1 Å². The summed E-state index contributed by atoms with van der Waals surface area (Å²) in [5, 5.41) is 17.1. The van der Waals surface area contributed by atoms with Crippen molar-refractivity contribution in [3.05, 3.63) is 56.6 Å². The van der Waals surface area contributed by atoms with Gasteiger partial charge in [0, 0.05) is 22.3 Å². The molecule has 7 nitrogen and oxygen atoms in total. The Kier molecular flexibility index (Phi) is 5.82. The number of carbonyl (C=O) groups is 1. The second-order valence-electron chi connectivity index (χ2n) is 5.46. The number of rotatable bonds is 6. The van der Waals surface area contributed by atoms with Gasteiger partial charge >= 0.3 is 0 Å². The number of nitro groups is 1. The van der Waals surface area contributed by atoms with Crippen LogP contribution in [-0.2, 0) is 4.79 Å². The molecule has 0 aliphatic heterocycles. The fourth-order valence-electron chi connectivity index (χ4n) is 2.38. The fraction of sp³-hybridized carbons (Fsp3) is 0.235. The lowest BCUT2D eigenvalue weighted by atomic mass is 10.1. The molecule has 0 aromatic heterocycles. The minimum Gasteiger partial charge on any atom is -0.495 e. The predicted octanol–water partition coefficient (Wildman–Crippen LogP) is 3.92. The van der Waals surface area contributed by atoms with Crippen LogP contribution in [0.3, 0.4) is 0 Å². The van der Waals surface area contributed by atoms with E-state index in [1.165, 1.54) is 13.2 Å². The fourth-order valence-corrected chi connectivity index (χ4v) is 2.55. The number of nitro benzene ring substituents is 1. The van der Waals surface area contributed by atoms with Crippen LogP contribution in [0.1, 0.15) is 11.1 Å². The summed E-state index contributed by atoms with van der Waals surface area (Å²) >= 11 is 5.93. The van der Waals surface area contributed by atoms with Gasteiger partial charge in [-0.3, -0.25) is 14.9 Å². The number of nitrogens with one attached hydrogen (secondary N) is 2. The molecule has 2 rings (SSSR count). The van der Waals surface area contributed by atoms with Crippen molar-refractivity contribution < 1.29 is 14.5 Å². The van der Waals surface area contributed by atoms with E-state index in [2.05, 4.69) is 10.6 Å². The summed E-state index contributed by atoms with van der Waals surface area (Å²) in [4.78, 5) is 22.7. The highest BCUT2D eigenvalue weighted by atomic mass is 35.5. The molecule has 0 aliphatic rings. The van der Waals surface area contributed by atoms with Gasteiger partial charge in [0.1, 0.15) is 5.75 Å². The van der Waals surface area contributed by atoms with Gasteiger partial charge in [0.2, 0.25) is 5.91 Å². The highest BCUT2D eigenvalue weighted by Gasteiger charge is 2.14. The molecule has 2 aromatic carbocycles. The largest absolute Gasteiger partial charge is 0.495 e. The van der Waals surface area contributed by atoms with Crippen molar-refractivity contribution in [1.29, 1.82) is 0 Å². The van der Waals surface area contributed by atoms with Gasteiger partial charge in [-0.05, 0) is 43.7 Å². The van der Waals surface area contributed by atoms with Crippen LogP contribution in [0.25, 0.3) is 0 Å². The van der Waals surface area contributed by atoms with Crippen molar-refractivity contribution in [3.63, 3.8) is 0 Å². The van der Waals surface area contributed by atoms with Crippen molar-refractivity contribution in [1.82, 2.24) is 0 Å². The summed E-state index contributed by atoms with van der Waals surface area (Å²) in [5.41, 5.74) is 2.38. The molecule has 2 N–H and O–H groups in total. The zero-order valence-electron chi connectivity index (χ0n) is 14.1.